The molecule has 0 N–H and O–H groups in total. The van der Waals surface area contributed by atoms with Crippen molar-refractivity contribution in [1.82, 2.24) is 14.6 Å². The summed E-state index contributed by atoms with van der Waals surface area (Å²) in [6.07, 6.45) is 0.598. The summed E-state index contributed by atoms with van der Waals surface area (Å²) in [4.78, 5) is 29.0. The van der Waals surface area contributed by atoms with Gasteiger partial charge in [-0.05, 0) is 12.1 Å². The van der Waals surface area contributed by atoms with Gasteiger partial charge in [-0.3, -0.25) is 4.79 Å². The maximum atomic E-state index is 12.1. The molecule has 130 valence electrons. The minimum absolute atomic E-state index is 0.124. The second kappa shape index (κ2) is 7.73. The Labute approximate surface area is 151 Å². The van der Waals surface area contributed by atoms with Crippen molar-refractivity contribution < 1.29 is 14.3 Å². The second-order valence-electron chi connectivity index (χ2n) is 5.07. The number of hydrogen-bond acceptors (Lipinski definition) is 7. The number of halogens is 1. The van der Waals surface area contributed by atoms with E-state index >= 15 is 0 Å². The Morgan fingerprint density at radius 3 is 2.92 bits per heavy atom. The zero-order valence-electron chi connectivity index (χ0n) is 13.3. The van der Waals surface area contributed by atoms with Crippen LogP contribution in [0, 0.1) is 0 Å². The quantitative estimate of drug-likeness (QED) is 0.611. The molecule has 0 unspecified atom stereocenters. The van der Waals surface area contributed by atoms with Crippen LogP contribution < -0.4 is 5.56 Å². The summed E-state index contributed by atoms with van der Waals surface area (Å²) in [6, 6.07) is 7.89. The largest absolute Gasteiger partial charge is 0.456 e. The Balaban J connectivity index is 1.76. The van der Waals surface area contributed by atoms with E-state index in [0.717, 1.165) is 5.01 Å². The van der Waals surface area contributed by atoms with Crippen molar-refractivity contribution in [3.63, 3.8) is 0 Å². The van der Waals surface area contributed by atoms with Gasteiger partial charge in [0.15, 0.2) is 0 Å². The summed E-state index contributed by atoms with van der Waals surface area (Å²) in [5, 5.41) is 5.25. The molecule has 0 saturated heterocycles. The molecular formula is C16H14ClN3O4S. The van der Waals surface area contributed by atoms with Crippen molar-refractivity contribution in [2.24, 2.45) is 0 Å². The second-order valence-corrected chi connectivity index (χ2v) is 6.52. The number of carbonyl (C=O) groups excluding carboxylic acids is 1. The van der Waals surface area contributed by atoms with Crippen LogP contribution in [-0.2, 0) is 22.5 Å². The predicted molar refractivity (Wildman–Crippen MR) is 93.3 cm³/mol. The number of hydrogen-bond donors (Lipinski definition) is 0. The smallest absolute Gasteiger partial charge is 0.340 e. The number of fused-ring (bicyclic) bond motifs is 1. The Morgan fingerprint density at radius 2 is 2.16 bits per heavy atom. The first-order valence-corrected chi connectivity index (χ1v) is 8.57. The van der Waals surface area contributed by atoms with Gasteiger partial charge in [-0.15, -0.1) is 0 Å². The van der Waals surface area contributed by atoms with Crippen molar-refractivity contribution >= 4 is 33.9 Å². The highest BCUT2D eigenvalue weighted by atomic mass is 35.5. The highest BCUT2D eigenvalue weighted by Gasteiger charge is 2.13. The predicted octanol–water partition coefficient (Wildman–Crippen LogP) is 2.35. The van der Waals surface area contributed by atoms with Gasteiger partial charge >= 0.3 is 5.97 Å². The Morgan fingerprint density at radius 1 is 1.36 bits per heavy atom. The maximum absolute atomic E-state index is 12.1. The molecule has 3 rings (SSSR count). The van der Waals surface area contributed by atoms with Gasteiger partial charge in [0.05, 0.1) is 22.9 Å². The fourth-order valence-corrected chi connectivity index (χ4v) is 3.22. The van der Waals surface area contributed by atoms with Crippen molar-refractivity contribution in [2.75, 3.05) is 13.7 Å². The third-order valence-electron chi connectivity index (χ3n) is 3.30. The van der Waals surface area contributed by atoms with E-state index in [-0.39, 0.29) is 17.7 Å². The van der Waals surface area contributed by atoms with E-state index < -0.39 is 5.97 Å². The van der Waals surface area contributed by atoms with E-state index in [9.17, 15) is 9.59 Å². The third kappa shape index (κ3) is 4.04. The van der Waals surface area contributed by atoms with Crippen LogP contribution in [0.2, 0.25) is 5.02 Å². The molecule has 0 bridgehead atoms. The summed E-state index contributed by atoms with van der Waals surface area (Å²) in [5.41, 5.74) is 0.294. The molecule has 25 heavy (non-hydrogen) atoms. The summed E-state index contributed by atoms with van der Waals surface area (Å²) in [7, 11) is 1.60. The Kier molecular flexibility index (Phi) is 5.42. The molecule has 0 radical (unpaired) electrons. The number of carbonyl (C=O) groups is 1. The number of benzene rings is 1. The lowest BCUT2D eigenvalue weighted by Gasteiger charge is -2.05. The van der Waals surface area contributed by atoms with Gasteiger partial charge in [0, 0.05) is 19.6 Å². The fourth-order valence-electron chi connectivity index (χ4n) is 2.10. The first-order chi connectivity index (χ1) is 12.1. The average Bonchev–Trinajstić information content (AvgIpc) is 3.02. The molecule has 0 aliphatic heterocycles. The lowest BCUT2D eigenvalue weighted by Crippen LogP contribution is -2.17. The molecule has 7 nitrogen and oxygen atoms in total. The molecule has 0 aliphatic rings. The van der Waals surface area contributed by atoms with E-state index in [1.165, 1.54) is 21.9 Å². The molecule has 0 atom stereocenters. The highest BCUT2D eigenvalue weighted by molar-refractivity contribution is 7.16. The minimum Gasteiger partial charge on any atom is -0.456 e. The number of nitrogens with zero attached hydrogens (tertiary/aromatic N) is 3. The van der Waals surface area contributed by atoms with Gasteiger partial charge in [0.25, 0.3) is 5.56 Å². The molecule has 2 heterocycles. The number of aromatic nitrogens is 3. The lowest BCUT2D eigenvalue weighted by atomic mass is 10.2. The van der Waals surface area contributed by atoms with Crippen LogP contribution in [0.25, 0.3) is 4.96 Å². The zero-order valence-corrected chi connectivity index (χ0v) is 14.8. The van der Waals surface area contributed by atoms with Crippen molar-refractivity contribution in [3.05, 3.63) is 62.0 Å². The third-order valence-corrected chi connectivity index (χ3v) is 4.60. The van der Waals surface area contributed by atoms with Crippen molar-refractivity contribution in [3.8, 4) is 0 Å². The van der Waals surface area contributed by atoms with Crippen LogP contribution in [0.15, 0.2) is 35.1 Å². The van der Waals surface area contributed by atoms with Gasteiger partial charge in [-0.2, -0.15) is 9.61 Å². The molecule has 0 saturated carbocycles. The van der Waals surface area contributed by atoms with Gasteiger partial charge in [-0.25, -0.2) is 9.78 Å². The van der Waals surface area contributed by atoms with E-state index in [4.69, 9.17) is 21.1 Å². The van der Waals surface area contributed by atoms with E-state index in [1.54, 1.807) is 31.4 Å². The maximum Gasteiger partial charge on any atom is 0.340 e. The van der Waals surface area contributed by atoms with Crippen LogP contribution in [0.5, 0.6) is 0 Å². The normalized spacial score (nSPS) is 11.0. The molecule has 0 spiro atoms. The summed E-state index contributed by atoms with van der Waals surface area (Å²) < 4.78 is 11.4. The van der Waals surface area contributed by atoms with Crippen LogP contribution in [0.1, 0.15) is 21.1 Å². The number of rotatable bonds is 6. The summed E-state index contributed by atoms with van der Waals surface area (Å²) in [5.74, 6) is -0.572. The molecule has 9 heteroatoms. The number of methoxy groups -OCH3 is 1. The van der Waals surface area contributed by atoms with Crippen LogP contribution >= 0.6 is 22.9 Å². The summed E-state index contributed by atoms with van der Waals surface area (Å²) in [6.45, 7) is 0.387. The molecule has 0 aliphatic carbocycles. The number of esters is 1. The Bertz CT molecular complexity index is 969. The minimum atomic E-state index is -0.572. The van der Waals surface area contributed by atoms with Gasteiger partial charge in [0.2, 0.25) is 4.96 Å². The van der Waals surface area contributed by atoms with Crippen LogP contribution in [0.3, 0.4) is 0 Å². The molecule has 3 aromatic rings. The lowest BCUT2D eigenvalue weighted by molar-refractivity contribution is 0.0468. The summed E-state index contributed by atoms with van der Waals surface area (Å²) >= 11 is 7.26. The Hall–Kier alpha value is -2.29. The molecular weight excluding hydrogens is 366 g/mol. The van der Waals surface area contributed by atoms with Crippen molar-refractivity contribution in [1.29, 1.82) is 0 Å². The molecule has 2 aromatic heterocycles. The monoisotopic (exact) mass is 379 g/mol. The van der Waals surface area contributed by atoms with Crippen molar-refractivity contribution in [2.45, 2.75) is 13.0 Å². The van der Waals surface area contributed by atoms with Gasteiger partial charge in [0.1, 0.15) is 11.6 Å². The van der Waals surface area contributed by atoms with Gasteiger partial charge in [-0.1, -0.05) is 35.1 Å². The molecule has 1 aromatic carbocycles. The van der Waals surface area contributed by atoms with E-state index in [2.05, 4.69) is 10.1 Å². The molecule has 0 amide bonds. The molecule has 0 fully saturated rings. The van der Waals surface area contributed by atoms with Crippen LogP contribution in [-0.4, -0.2) is 34.3 Å². The van der Waals surface area contributed by atoms with Gasteiger partial charge < -0.3 is 9.47 Å². The highest BCUT2D eigenvalue weighted by Crippen LogP contribution is 2.17. The first-order valence-electron chi connectivity index (χ1n) is 7.38. The fraction of sp³-hybridized carbons (Fsp3) is 0.250. The topological polar surface area (TPSA) is 82.8 Å². The SMILES string of the molecule is COCCc1nn2c(=O)cc(COC(=O)c3ccccc3Cl)nc2s1. The van der Waals surface area contributed by atoms with E-state index in [0.29, 0.717) is 28.7 Å². The van der Waals surface area contributed by atoms with Crippen LogP contribution in [0.4, 0.5) is 0 Å². The average molecular weight is 380 g/mol. The number of ether oxygens (including phenoxy) is 2. The standard InChI is InChI=1S/C16H14ClN3O4S/c1-23-7-6-13-19-20-14(21)8-10(18-16(20)25-13)9-24-15(22)11-4-2-3-5-12(11)17/h2-5,8H,6-7,9H2,1H3. The zero-order chi connectivity index (χ0) is 17.8. The first kappa shape index (κ1) is 17.5. The van der Waals surface area contributed by atoms with E-state index in [1.807, 2.05) is 0 Å².